The van der Waals surface area contributed by atoms with Crippen LogP contribution in [0.2, 0.25) is 0 Å². The zero-order chi connectivity index (χ0) is 39.6. The third kappa shape index (κ3) is 5.33. The lowest BCUT2D eigenvalue weighted by molar-refractivity contribution is 0.711. The summed E-state index contributed by atoms with van der Waals surface area (Å²) in [5.41, 5.74) is 14.6. The third-order valence-corrected chi connectivity index (χ3v) is 13.3. The van der Waals surface area contributed by atoms with Crippen LogP contribution in [0, 0.1) is 0 Å². The maximum atomic E-state index is 5.33. The number of hydrogen-bond donors (Lipinski definition) is 0. The third-order valence-electron chi connectivity index (χ3n) is 12.1. The van der Waals surface area contributed by atoms with Gasteiger partial charge in [0.2, 0.25) is 0 Å². The topological polar surface area (TPSA) is 51.6 Å². The van der Waals surface area contributed by atoms with Crippen LogP contribution in [0.15, 0.2) is 216 Å². The molecule has 0 amide bonds. The number of hydrogen-bond acceptors (Lipinski definition) is 5. The molecule has 3 heterocycles. The monoisotopic (exact) mass is 782 g/mol. The van der Waals surface area contributed by atoms with Crippen LogP contribution in [0.25, 0.3) is 78.3 Å². The minimum absolute atomic E-state index is 0.645. The molecule has 1 atom stereocenters. The first-order valence-electron chi connectivity index (χ1n) is 20.2. The van der Waals surface area contributed by atoms with Crippen LogP contribution in [-0.2, 0) is 5.41 Å². The highest BCUT2D eigenvalue weighted by Gasteiger charge is 2.48. The van der Waals surface area contributed by atoms with Crippen LogP contribution in [0.3, 0.4) is 0 Å². The van der Waals surface area contributed by atoms with Crippen molar-refractivity contribution in [3.8, 4) is 67.5 Å². The fourth-order valence-electron chi connectivity index (χ4n) is 9.40. The molecular weight excluding hydrogens is 749 g/mol. The van der Waals surface area contributed by atoms with Crippen molar-refractivity contribution in [3.63, 3.8) is 0 Å². The van der Waals surface area contributed by atoms with Crippen LogP contribution in [0.4, 0.5) is 0 Å². The molecule has 0 N–H and O–H groups in total. The summed E-state index contributed by atoms with van der Waals surface area (Å²) >= 11 is 1.89. The van der Waals surface area contributed by atoms with Crippen LogP contribution in [0.1, 0.15) is 22.3 Å². The van der Waals surface area contributed by atoms with Gasteiger partial charge in [-0.25, -0.2) is 19.9 Å². The second-order valence-corrected chi connectivity index (χ2v) is 16.4. The SMILES string of the molecule is c1ccc(-c2ncc(-c3cc(-c4ccc5c(c4)C4(c6ccccc6Sc6c4ccc4ccccc64)c4ccccc4-c4ccccc4-5)nc(-c4ccccc4)n3)cn2)cc1. The van der Waals surface area contributed by atoms with E-state index in [0.717, 1.165) is 33.6 Å². The summed E-state index contributed by atoms with van der Waals surface area (Å²) in [6.45, 7) is 0. The lowest BCUT2D eigenvalue weighted by Gasteiger charge is -2.43. The van der Waals surface area contributed by atoms with E-state index in [9.17, 15) is 0 Å². The van der Waals surface area contributed by atoms with Crippen molar-refractivity contribution >= 4 is 22.5 Å². The fraction of sp³-hybridized carbons (Fsp3) is 0.0182. The van der Waals surface area contributed by atoms with E-state index in [1.807, 2.05) is 72.7 Å². The fourth-order valence-corrected chi connectivity index (χ4v) is 10.7. The van der Waals surface area contributed by atoms with Gasteiger partial charge in [-0.15, -0.1) is 0 Å². The Hall–Kier alpha value is -7.47. The standard InChI is InChI=1S/C55H34N4S/c1-3-16-36(17-4-1)53-56-33-39(34-57-53)50-32-49(58-54(59-50)37-18-5-2-6-19-37)38-27-29-44-42-22-10-9-21-41(42)43-23-11-12-24-45(43)55(48(44)31-38)46-25-13-14-26-51(46)60-52-40-20-8-7-15-35(40)28-30-47(52)55/h1-34H. The zero-order valence-electron chi connectivity index (χ0n) is 32.3. The Balaban J connectivity index is 1.15. The first-order valence-corrected chi connectivity index (χ1v) is 21.0. The molecule has 0 saturated carbocycles. The molecule has 12 rings (SSSR count). The highest BCUT2D eigenvalue weighted by atomic mass is 32.2. The van der Waals surface area contributed by atoms with E-state index >= 15 is 0 Å². The van der Waals surface area contributed by atoms with Crippen LogP contribution in [-0.4, -0.2) is 19.9 Å². The second-order valence-electron chi connectivity index (χ2n) is 15.4. The highest BCUT2D eigenvalue weighted by molar-refractivity contribution is 7.99. The largest absolute Gasteiger partial charge is 0.236 e. The average Bonchev–Trinajstić information content (AvgIpc) is 3.43. The first kappa shape index (κ1) is 34.6. The Morgan fingerprint density at radius 2 is 0.950 bits per heavy atom. The molecule has 4 nitrogen and oxygen atoms in total. The number of rotatable bonds is 4. The summed E-state index contributed by atoms with van der Waals surface area (Å²) < 4.78 is 0. The molecule has 0 saturated heterocycles. The van der Waals surface area contributed by atoms with Gasteiger partial charge < -0.3 is 0 Å². The first-order chi connectivity index (χ1) is 29.7. The number of aromatic nitrogens is 4. The molecule has 5 heteroatoms. The Morgan fingerprint density at radius 3 is 1.70 bits per heavy atom. The summed E-state index contributed by atoms with van der Waals surface area (Å²) in [6.07, 6.45) is 3.74. The minimum atomic E-state index is -0.665. The molecule has 1 unspecified atom stereocenters. The molecule has 0 bridgehead atoms. The molecule has 2 aromatic heterocycles. The molecule has 1 spiro atoms. The van der Waals surface area contributed by atoms with Gasteiger partial charge in [0.25, 0.3) is 0 Å². The highest BCUT2D eigenvalue weighted by Crippen LogP contribution is 2.62. The van der Waals surface area contributed by atoms with E-state index < -0.39 is 5.41 Å². The zero-order valence-corrected chi connectivity index (χ0v) is 33.1. The van der Waals surface area contributed by atoms with Crippen molar-refractivity contribution in [1.82, 2.24) is 19.9 Å². The van der Waals surface area contributed by atoms with Gasteiger partial charge in [-0.3, -0.25) is 0 Å². The van der Waals surface area contributed by atoms with Crippen molar-refractivity contribution in [3.05, 3.63) is 229 Å². The Morgan fingerprint density at radius 1 is 0.367 bits per heavy atom. The van der Waals surface area contributed by atoms with Gasteiger partial charge in [0.1, 0.15) is 0 Å². The van der Waals surface area contributed by atoms with Crippen molar-refractivity contribution in [1.29, 1.82) is 0 Å². The van der Waals surface area contributed by atoms with Crippen molar-refractivity contribution in [2.75, 3.05) is 0 Å². The number of nitrogens with zero attached hydrogens (tertiary/aromatic N) is 4. The minimum Gasteiger partial charge on any atom is -0.236 e. The molecule has 60 heavy (non-hydrogen) atoms. The molecule has 1 aliphatic heterocycles. The predicted octanol–water partition coefficient (Wildman–Crippen LogP) is 13.6. The predicted molar refractivity (Wildman–Crippen MR) is 244 cm³/mol. The Labute approximate surface area is 352 Å². The summed E-state index contributed by atoms with van der Waals surface area (Å²) in [7, 11) is 0. The van der Waals surface area contributed by atoms with E-state index in [1.165, 1.54) is 65.1 Å². The smallest absolute Gasteiger partial charge is 0.160 e. The molecular formula is C55H34N4S. The van der Waals surface area contributed by atoms with Crippen LogP contribution in [0.5, 0.6) is 0 Å². The average molecular weight is 783 g/mol. The van der Waals surface area contributed by atoms with Crippen molar-refractivity contribution < 1.29 is 0 Å². The molecule has 1 aliphatic carbocycles. The van der Waals surface area contributed by atoms with E-state index in [4.69, 9.17) is 19.9 Å². The van der Waals surface area contributed by atoms with Crippen molar-refractivity contribution in [2.24, 2.45) is 0 Å². The quantitative estimate of drug-likeness (QED) is 0.178. The molecule has 2 aliphatic rings. The summed E-state index contributed by atoms with van der Waals surface area (Å²) in [4.78, 5) is 22.6. The van der Waals surface area contributed by atoms with Gasteiger partial charge >= 0.3 is 0 Å². The van der Waals surface area contributed by atoms with Gasteiger partial charge in [-0.05, 0) is 73.5 Å². The van der Waals surface area contributed by atoms with Gasteiger partial charge in [-0.2, -0.15) is 0 Å². The lowest BCUT2D eigenvalue weighted by Crippen LogP contribution is -2.34. The molecule has 10 aromatic rings. The van der Waals surface area contributed by atoms with Crippen LogP contribution >= 0.6 is 11.8 Å². The van der Waals surface area contributed by atoms with Crippen LogP contribution < -0.4 is 0 Å². The maximum Gasteiger partial charge on any atom is 0.160 e. The number of benzene rings is 8. The van der Waals surface area contributed by atoms with E-state index in [0.29, 0.717) is 11.6 Å². The summed E-state index contributed by atoms with van der Waals surface area (Å²) in [6, 6.07) is 69.8. The summed E-state index contributed by atoms with van der Waals surface area (Å²) in [5.74, 6) is 1.32. The van der Waals surface area contributed by atoms with Gasteiger partial charge in [0.05, 0.1) is 16.8 Å². The lowest BCUT2D eigenvalue weighted by atomic mass is 9.62. The molecule has 8 aromatic carbocycles. The Kier molecular flexibility index (Phi) is 7.97. The second kappa shape index (κ2) is 13.8. The Bertz CT molecular complexity index is 3290. The summed E-state index contributed by atoms with van der Waals surface area (Å²) in [5, 5.41) is 2.50. The van der Waals surface area contributed by atoms with E-state index in [2.05, 4.69) is 146 Å². The normalized spacial score (nSPS) is 14.7. The van der Waals surface area contributed by atoms with E-state index in [-0.39, 0.29) is 0 Å². The maximum absolute atomic E-state index is 5.33. The van der Waals surface area contributed by atoms with Crippen molar-refractivity contribution in [2.45, 2.75) is 15.2 Å². The molecule has 0 fully saturated rings. The van der Waals surface area contributed by atoms with Gasteiger partial charge in [0, 0.05) is 44.4 Å². The van der Waals surface area contributed by atoms with Gasteiger partial charge in [-0.1, -0.05) is 188 Å². The number of fused-ring (bicyclic) bond motifs is 13. The molecule has 280 valence electrons. The van der Waals surface area contributed by atoms with Gasteiger partial charge in [0.15, 0.2) is 11.6 Å². The molecule has 0 radical (unpaired) electrons. The van der Waals surface area contributed by atoms with E-state index in [1.54, 1.807) is 0 Å².